The molecule has 0 spiro atoms. The van der Waals surface area contributed by atoms with Crippen LogP contribution in [0.25, 0.3) is 11.0 Å². The molecule has 1 amide bonds. The second-order valence-electron chi connectivity index (χ2n) is 10.2. The van der Waals surface area contributed by atoms with E-state index >= 15 is 0 Å². The molecule has 2 saturated heterocycles. The Kier molecular flexibility index (Phi) is 7.86. The van der Waals surface area contributed by atoms with Crippen molar-refractivity contribution in [2.75, 3.05) is 32.8 Å². The Morgan fingerprint density at radius 3 is 2.54 bits per heavy atom. The quantitative estimate of drug-likeness (QED) is 0.284. The zero-order valence-electron chi connectivity index (χ0n) is 22.1. The van der Waals surface area contributed by atoms with Crippen molar-refractivity contribution in [2.24, 2.45) is 0 Å². The number of hydrogen-bond donors (Lipinski definition) is 1. The number of benzene rings is 3. The van der Waals surface area contributed by atoms with E-state index in [2.05, 4.69) is 9.47 Å². The highest BCUT2D eigenvalue weighted by molar-refractivity contribution is 6.34. The van der Waals surface area contributed by atoms with Crippen molar-refractivity contribution >= 4 is 46.1 Å². The molecule has 2 aliphatic heterocycles. The summed E-state index contributed by atoms with van der Waals surface area (Å²) >= 11 is 12.3. The van der Waals surface area contributed by atoms with Crippen LogP contribution >= 0.6 is 23.2 Å². The van der Waals surface area contributed by atoms with Crippen LogP contribution in [0.5, 0.6) is 11.5 Å². The Labute approximate surface area is 246 Å². The Morgan fingerprint density at radius 2 is 1.80 bits per heavy atom. The van der Waals surface area contributed by atoms with Gasteiger partial charge in [0.15, 0.2) is 0 Å². The summed E-state index contributed by atoms with van der Waals surface area (Å²) in [4.78, 5) is 33.9. The van der Waals surface area contributed by atoms with E-state index in [4.69, 9.17) is 37.7 Å². The van der Waals surface area contributed by atoms with Crippen LogP contribution in [0.1, 0.15) is 33.0 Å². The highest BCUT2D eigenvalue weighted by Crippen LogP contribution is 2.32. The number of carboxylic acid groups (broad SMARTS) is 1. The number of halogens is 2. The number of carbonyl (C=O) groups is 2. The van der Waals surface area contributed by atoms with E-state index in [1.165, 1.54) is 0 Å². The second kappa shape index (κ2) is 11.7. The Balaban J connectivity index is 1.12. The van der Waals surface area contributed by atoms with Gasteiger partial charge in [-0.25, -0.2) is 9.78 Å². The number of imidazole rings is 1. The predicted octanol–water partition coefficient (Wildman–Crippen LogP) is 5.58. The first-order chi connectivity index (χ1) is 19.8. The van der Waals surface area contributed by atoms with Crippen molar-refractivity contribution in [2.45, 2.75) is 25.6 Å². The monoisotopic (exact) mass is 594 g/mol. The molecular formula is C30H28Cl2N4O5. The lowest BCUT2D eigenvalue weighted by Crippen LogP contribution is -2.48. The van der Waals surface area contributed by atoms with Crippen molar-refractivity contribution in [3.63, 3.8) is 0 Å². The normalized spacial score (nSPS) is 17.4. The summed E-state index contributed by atoms with van der Waals surface area (Å²) in [6.07, 6.45) is 1.07. The average Bonchev–Trinajstić information content (AvgIpc) is 3.28. The van der Waals surface area contributed by atoms with Crippen molar-refractivity contribution in [1.82, 2.24) is 19.4 Å². The fourth-order valence-electron chi connectivity index (χ4n) is 5.13. The fraction of sp³-hybridized carbons (Fsp3) is 0.300. The molecule has 2 fully saturated rings. The van der Waals surface area contributed by atoms with Gasteiger partial charge < -0.3 is 24.0 Å². The standard InChI is InChI=1S/C30H28Cl2N4O5/c31-21-5-6-24(32)27(16-21)41-22-3-1-2-19(14-22)29(37)35-11-9-34(10-12-35)18-28-33-25-7-4-20(30(38)39)15-26(25)36(28)17-23-8-13-40-23/h1-7,14-16,23H,8-13,17-18H2,(H,38,39)/t23-/m0/s1. The number of amides is 1. The molecule has 2 aliphatic rings. The minimum atomic E-state index is -0.966. The second-order valence-corrected chi connectivity index (χ2v) is 11.0. The summed E-state index contributed by atoms with van der Waals surface area (Å²) in [7, 11) is 0. The van der Waals surface area contributed by atoms with Gasteiger partial charge in [0, 0.05) is 49.4 Å². The van der Waals surface area contributed by atoms with Crippen molar-refractivity contribution in [3.05, 3.63) is 87.7 Å². The fourth-order valence-corrected chi connectivity index (χ4v) is 5.45. The van der Waals surface area contributed by atoms with Gasteiger partial charge in [0.1, 0.15) is 17.3 Å². The molecule has 0 radical (unpaired) electrons. The smallest absolute Gasteiger partial charge is 0.335 e. The molecule has 212 valence electrons. The lowest BCUT2D eigenvalue weighted by atomic mass is 10.1. The Bertz CT molecular complexity index is 1610. The van der Waals surface area contributed by atoms with Crippen LogP contribution in [-0.2, 0) is 17.8 Å². The third kappa shape index (κ3) is 6.04. The lowest BCUT2D eigenvalue weighted by Gasteiger charge is -2.35. The third-order valence-corrected chi connectivity index (χ3v) is 8.03. The van der Waals surface area contributed by atoms with E-state index in [-0.39, 0.29) is 17.6 Å². The first-order valence-corrected chi connectivity index (χ1v) is 14.2. The third-order valence-electron chi connectivity index (χ3n) is 7.48. The van der Waals surface area contributed by atoms with Crippen LogP contribution < -0.4 is 4.74 Å². The van der Waals surface area contributed by atoms with E-state index in [9.17, 15) is 14.7 Å². The van der Waals surface area contributed by atoms with Crippen LogP contribution in [0.3, 0.4) is 0 Å². The number of rotatable bonds is 8. The van der Waals surface area contributed by atoms with Crippen LogP contribution in [0.4, 0.5) is 0 Å². The first-order valence-electron chi connectivity index (χ1n) is 13.4. The van der Waals surface area contributed by atoms with Crippen LogP contribution in [-0.4, -0.2) is 75.2 Å². The van der Waals surface area contributed by atoms with Crippen LogP contribution in [0.2, 0.25) is 10.0 Å². The molecule has 0 aliphatic carbocycles. The van der Waals surface area contributed by atoms with E-state index in [0.717, 1.165) is 29.9 Å². The zero-order chi connectivity index (χ0) is 28.5. The molecule has 0 saturated carbocycles. The summed E-state index contributed by atoms with van der Waals surface area (Å²) in [6, 6.07) is 17.0. The molecule has 41 heavy (non-hydrogen) atoms. The molecule has 4 aromatic rings. The van der Waals surface area contributed by atoms with Gasteiger partial charge in [-0.3, -0.25) is 9.69 Å². The van der Waals surface area contributed by atoms with Gasteiger partial charge in [-0.15, -0.1) is 0 Å². The molecule has 11 heteroatoms. The van der Waals surface area contributed by atoms with Gasteiger partial charge in [0.25, 0.3) is 5.91 Å². The summed E-state index contributed by atoms with van der Waals surface area (Å²) in [6.45, 7) is 4.47. The van der Waals surface area contributed by atoms with Gasteiger partial charge in [0.2, 0.25) is 0 Å². The van der Waals surface area contributed by atoms with E-state index in [1.54, 1.807) is 60.7 Å². The number of ether oxygens (including phenoxy) is 2. The van der Waals surface area contributed by atoms with Crippen LogP contribution in [0, 0.1) is 0 Å². The van der Waals surface area contributed by atoms with Crippen molar-refractivity contribution in [1.29, 1.82) is 0 Å². The summed E-state index contributed by atoms with van der Waals surface area (Å²) < 4.78 is 13.7. The topological polar surface area (TPSA) is 97.1 Å². The molecule has 9 nitrogen and oxygen atoms in total. The maximum Gasteiger partial charge on any atom is 0.335 e. The molecule has 0 unspecified atom stereocenters. The molecule has 3 heterocycles. The van der Waals surface area contributed by atoms with Crippen molar-refractivity contribution < 1.29 is 24.2 Å². The van der Waals surface area contributed by atoms with Gasteiger partial charge in [-0.1, -0.05) is 29.3 Å². The number of carbonyl (C=O) groups excluding carboxylic acids is 1. The molecule has 1 aromatic heterocycles. The lowest BCUT2D eigenvalue weighted by molar-refractivity contribution is -0.0592. The number of nitrogens with zero attached hydrogens (tertiary/aromatic N) is 4. The highest BCUT2D eigenvalue weighted by Gasteiger charge is 2.26. The molecule has 6 rings (SSSR count). The zero-order valence-corrected chi connectivity index (χ0v) is 23.6. The van der Waals surface area contributed by atoms with E-state index in [1.807, 2.05) is 4.90 Å². The Hall–Kier alpha value is -3.63. The predicted molar refractivity (Wildman–Crippen MR) is 155 cm³/mol. The summed E-state index contributed by atoms with van der Waals surface area (Å²) in [5, 5.41) is 10.4. The maximum absolute atomic E-state index is 13.3. The van der Waals surface area contributed by atoms with E-state index in [0.29, 0.717) is 66.4 Å². The molecular weight excluding hydrogens is 567 g/mol. The minimum absolute atomic E-state index is 0.0668. The molecule has 1 N–H and O–H groups in total. The SMILES string of the molecule is O=C(O)c1ccc2nc(CN3CCN(C(=O)c4cccc(Oc5cc(Cl)ccc5Cl)c4)CC3)n(C[C@@H]3CCO3)c2c1. The van der Waals surface area contributed by atoms with Gasteiger partial charge in [-0.05, 0) is 55.0 Å². The van der Waals surface area contributed by atoms with E-state index < -0.39 is 5.97 Å². The van der Waals surface area contributed by atoms with Gasteiger partial charge in [0.05, 0.1) is 40.8 Å². The average molecular weight is 595 g/mol. The number of aromatic carboxylic acids is 1. The summed E-state index contributed by atoms with van der Waals surface area (Å²) in [5.41, 5.74) is 2.33. The van der Waals surface area contributed by atoms with Gasteiger partial charge in [-0.2, -0.15) is 0 Å². The molecule has 0 bridgehead atoms. The molecule has 1 atom stereocenters. The number of piperazine rings is 1. The number of hydrogen-bond acceptors (Lipinski definition) is 6. The summed E-state index contributed by atoms with van der Waals surface area (Å²) in [5.74, 6) is 0.753. The first kappa shape index (κ1) is 27.5. The van der Waals surface area contributed by atoms with Crippen molar-refractivity contribution in [3.8, 4) is 11.5 Å². The largest absolute Gasteiger partial charge is 0.478 e. The van der Waals surface area contributed by atoms with Gasteiger partial charge >= 0.3 is 5.97 Å². The number of aromatic nitrogens is 2. The highest BCUT2D eigenvalue weighted by atomic mass is 35.5. The minimum Gasteiger partial charge on any atom is -0.478 e. The number of fused-ring (bicyclic) bond motifs is 1. The van der Waals surface area contributed by atoms with Crippen LogP contribution in [0.15, 0.2) is 60.7 Å². The molecule has 3 aromatic carbocycles. The number of carboxylic acids is 1. The maximum atomic E-state index is 13.3. The Morgan fingerprint density at radius 1 is 1.00 bits per heavy atom.